The van der Waals surface area contributed by atoms with Crippen molar-refractivity contribution in [3.05, 3.63) is 65.2 Å². The molecule has 0 radical (unpaired) electrons. The van der Waals surface area contributed by atoms with E-state index in [1.54, 1.807) is 0 Å². The van der Waals surface area contributed by atoms with Crippen molar-refractivity contribution in [3.63, 3.8) is 0 Å². The second kappa shape index (κ2) is 12.5. The summed E-state index contributed by atoms with van der Waals surface area (Å²) in [7, 11) is 1.34. The van der Waals surface area contributed by atoms with E-state index in [1.807, 2.05) is 24.3 Å². The lowest BCUT2D eigenvalue weighted by molar-refractivity contribution is -0.00834. The van der Waals surface area contributed by atoms with E-state index in [0.29, 0.717) is 18.8 Å². The van der Waals surface area contributed by atoms with E-state index in [1.165, 1.54) is 18.2 Å². The van der Waals surface area contributed by atoms with Gasteiger partial charge >= 0.3 is 6.09 Å². The van der Waals surface area contributed by atoms with Crippen LogP contribution >= 0.6 is 24.0 Å². The van der Waals surface area contributed by atoms with Crippen molar-refractivity contribution >= 4 is 41.7 Å². The number of nitrogens with one attached hydrogen (secondary N) is 2. The van der Waals surface area contributed by atoms with E-state index < -0.39 is 6.09 Å². The molecule has 0 spiro atoms. The quantitative estimate of drug-likeness (QED) is 0.337. The van der Waals surface area contributed by atoms with Gasteiger partial charge in [0.2, 0.25) is 0 Å². The van der Waals surface area contributed by atoms with E-state index in [0.717, 1.165) is 31.2 Å². The third-order valence-electron chi connectivity index (χ3n) is 5.03. The van der Waals surface area contributed by atoms with Crippen LogP contribution in [0.5, 0.6) is 0 Å². The third-order valence-corrected chi connectivity index (χ3v) is 5.03. The van der Waals surface area contributed by atoms with Crippen molar-refractivity contribution in [1.82, 2.24) is 10.2 Å². The lowest BCUT2D eigenvalue weighted by Crippen LogP contribution is -2.48. The summed E-state index contributed by atoms with van der Waals surface area (Å²) in [5.74, 6) is 0.885. The number of carbonyl (C=O) groups excluding carboxylic acids is 1. The van der Waals surface area contributed by atoms with Gasteiger partial charge in [-0.1, -0.05) is 36.4 Å². The molecule has 1 aliphatic rings. The van der Waals surface area contributed by atoms with Crippen LogP contribution in [0.1, 0.15) is 29.7 Å². The minimum absolute atomic E-state index is 0. The van der Waals surface area contributed by atoms with Gasteiger partial charge in [0.25, 0.3) is 0 Å². The van der Waals surface area contributed by atoms with E-state index in [2.05, 4.69) is 58.4 Å². The highest BCUT2D eigenvalue weighted by Gasteiger charge is 2.25. The van der Waals surface area contributed by atoms with Gasteiger partial charge in [0.15, 0.2) is 5.96 Å². The van der Waals surface area contributed by atoms with Gasteiger partial charge < -0.3 is 19.7 Å². The van der Waals surface area contributed by atoms with Crippen LogP contribution in [0.25, 0.3) is 0 Å². The maximum absolute atomic E-state index is 11.3. The van der Waals surface area contributed by atoms with Gasteiger partial charge in [-0.05, 0) is 42.7 Å². The number of hydrogen-bond donors (Lipinski definition) is 2. The molecule has 0 saturated carbocycles. The number of hydrogen-bond acceptors (Lipinski definition) is 4. The van der Waals surface area contributed by atoms with E-state index in [4.69, 9.17) is 9.73 Å². The van der Waals surface area contributed by atoms with Crippen LogP contribution in [0.2, 0.25) is 0 Å². The topological polar surface area (TPSA) is 75.2 Å². The van der Waals surface area contributed by atoms with Crippen LogP contribution in [0.3, 0.4) is 0 Å². The zero-order valence-electron chi connectivity index (χ0n) is 18.3. The standard InChI is InChI=1S/C23H30N4O3.HI/c1-4-24-22(25-15-18-9-11-19(12-10-18)26-23(28)29-3)27-13-14-30-21(16-27)20-8-6-5-7-17(20)2;/h5-12,21H,4,13-16H2,1-3H3,(H,24,25)(H,26,28);1H. The smallest absolute Gasteiger partial charge is 0.411 e. The molecule has 2 aromatic rings. The second-order valence-corrected chi connectivity index (χ2v) is 7.15. The Hall–Kier alpha value is -2.33. The van der Waals surface area contributed by atoms with Crippen molar-refractivity contribution in [2.45, 2.75) is 26.5 Å². The Bertz CT molecular complexity index is 873. The maximum atomic E-state index is 11.3. The number of aliphatic imine (C=N–C) groups is 1. The van der Waals surface area contributed by atoms with Gasteiger partial charge in [-0.25, -0.2) is 9.79 Å². The molecule has 168 valence electrons. The number of methoxy groups -OCH3 is 1. The Morgan fingerprint density at radius 2 is 1.97 bits per heavy atom. The molecular weight excluding hydrogens is 507 g/mol. The van der Waals surface area contributed by atoms with E-state index >= 15 is 0 Å². The van der Waals surface area contributed by atoms with Crippen molar-refractivity contribution in [1.29, 1.82) is 0 Å². The Labute approximate surface area is 201 Å². The summed E-state index contributed by atoms with van der Waals surface area (Å²) in [4.78, 5) is 18.4. The highest BCUT2D eigenvalue weighted by molar-refractivity contribution is 14.0. The average Bonchev–Trinajstić information content (AvgIpc) is 2.78. The number of aryl methyl sites for hydroxylation is 1. The number of anilines is 1. The second-order valence-electron chi connectivity index (χ2n) is 7.15. The first-order valence-corrected chi connectivity index (χ1v) is 10.2. The predicted molar refractivity (Wildman–Crippen MR) is 134 cm³/mol. The summed E-state index contributed by atoms with van der Waals surface area (Å²) in [5, 5.41) is 6.05. The summed E-state index contributed by atoms with van der Waals surface area (Å²) in [6.07, 6.45) is -0.446. The van der Waals surface area contributed by atoms with Gasteiger partial charge in [0.05, 0.1) is 26.8 Å². The summed E-state index contributed by atoms with van der Waals surface area (Å²) >= 11 is 0. The summed E-state index contributed by atoms with van der Waals surface area (Å²) in [5.41, 5.74) is 4.22. The minimum atomic E-state index is -0.481. The number of guanidine groups is 1. The van der Waals surface area contributed by atoms with Crippen LogP contribution in [0, 0.1) is 6.92 Å². The van der Waals surface area contributed by atoms with Crippen LogP contribution in [-0.2, 0) is 16.0 Å². The van der Waals surface area contributed by atoms with Crippen molar-refractivity contribution < 1.29 is 14.3 Å². The molecule has 7 nitrogen and oxygen atoms in total. The first kappa shape index (κ1) is 24.9. The molecule has 1 atom stereocenters. The Kier molecular flexibility index (Phi) is 10.1. The van der Waals surface area contributed by atoms with E-state index in [-0.39, 0.29) is 30.1 Å². The molecule has 8 heteroatoms. The highest BCUT2D eigenvalue weighted by atomic mass is 127. The number of nitrogens with zero attached hydrogens (tertiary/aromatic N) is 2. The van der Waals surface area contributed by atoms with Crippen LogP contribution < -0.4 is 10.6 Å². The van der Waals surface area contributed by atoms with E-state index in [9.17, 15) is 4.79 Å². The van der Waals surface area contributed by atoms with Gasteiger partial charge in [0.1, 0.15) is 6.10 Å². The minimum Gasteiger partial charge on any atom is -0.453 e. The van der Waals surface area contributed by atoms with Gasteiger partial charge in [-0.3, -0.25) is 5.32 Å². The zero-order valence-corrected chi connectivity index (χ0v) is 20.6. The molecule has 0 aliphatic carbocycles. The molecule has 1 unspecified atom stereocenters. The molecule has 1 heterocycles. The van der Waals surface area contributed by atoms with Crippen LogP contribution in [0.15, 0.2) is 53.5 Å². The molecule has 1 aliphatic heterocycles. The Morgan fingerprint density at radius 3 is 2.65 bits per heavy atom. The lowest BCUT2D eigenvalue weighted by Gasteiger charge is -2.35. The van der Waals surface area contributed by atoms with Gasteiger partial charge in [0, 0.05) is 18.8 Å². The lowest BCUT2D eigenvalue weighted by atomic mass is 10.0. The predicted octanol–water partition coefficient (Wildman–Crippen LogP) is 4.33. The number of amides is 1. The first-order chi connectivity index (χ1) is 14.6. The third kappa shape index (κ3) is 7.10. The average molecular weight is 538 g/mol. The van der Waals surface area contributed by atoms with Crippen molar-refractivity contribution in [2.75, 3.05) is 38.7 Å². The number of benzene rings is 2. The largest absolute Gasteiger partial charge is 0.453 e. The molecule has 3 rings (SSSR count). The number of halogens is 1. The maximum Gasteiger partial charge on any atom is 0.411 e. The van der Waals surface area contributed by atoms with Crippen molar-refractivity contribution in [3.8, 4) is 0 Å². The Morgan fingerprint density at radius 1 is 1.23 bits per heavy atom. The molecule has 31 heavy (non-hydrogen) atoms. The van der Waals surface area contributed by atoms with Crippen LogP contribution in [0.4, 0.5) is 10.5 Å². The summed E-state index contributed by atoms with van der Waals surface area (Å²) < 4.78 is 10.7. The molecule has 1 fully saturated rings. The number of carbonyl (C=O) groups is 1. The SMILES string of the molecule is CCNC(=NCc1ccc(NC(=O)OC)cc1)N1CCOC(c2ccccc2C)C1.I. The normalized spacial score (nSPS) is 16.3. The first-order valence-electron chi connectivity index (χ1n) is 10.2. The monoisotopic (exact) mass is 538 g/mol. The van der Waals surface area contributed by atoms with Crippen molar-refractivity contribution in [2.24, 2.45) is 4.99 Å². The molecule has 2 aromatic carbocycles. The molecular formula is C23H31IN4O3. The molecule has 0 aromatic heterocycles. The summed E-state index contributed by atoms with van der Waals surface area (Å²) in [6.45, 7) is 7.77. The number of rotatable bonds is 5. The molecule has 0 bridgehead atoms. The van der Waals surface area contributed by atoms with Crippen LogP contribution in [-0.4, -0.2) is 50.3 Å². The fourth-order valence-electron chi connectivity index (χ4n) is 3.43. The molecule has 2 N–H and O–H groups in total. The zero-order chi connectivity index (χ0) is 21.3. The summed E-state index contributed by atoms with van der Waals surface area (Å²) in [6, 6.07) is 16.0. The highest BCUT2D eigenvalue weighted by Crippen LogP contribution is 2.25. The Balaban J connectivity index is 0.00000341. The molecule has 1 saturated heterocycles. The molecule has 1 amide bonds. The fourth-order valence-corrected chi connectivity index (χ4v) is 3.43. The van der Waals surface area contributed by atoms with Gasteiger partial charge in [-0.2, -0.15) is 0 Å². The van der Waals surface area contributed by atoms with Gasteiger partial charge in [-0.15, -0.1) is 24.0 Å². The number of ether oxygens (including phenoxy) is 2. The number of morpholine rings is 1. The fraction of sp³-hybridized carbons (Fsp3) is 0.391.